The quantitative estimate of drug-likeness (QED) is 0.677. The molecule has 0 fully saturated rings. The molecular formula is C10H11N3O2. The molecule has 1 aromatic heterocycles. The Bertz CT molecular complexity index is 385. The first-order valence-corrected chi connectivity index (χ1v) is 4.29. The van der Waals surface area contributed by atoms with Gasteiger partial charge < -0.3 is 5.11 Å². The van der Waals surface area contributed by atoms with Crippen molar-refractivity contribution in [3.8, 4) is 12.3 Å². The minimum Gasteiger partial charge on any atom is -0.480 e. The summed E-state index contributed by atoms with van der Waals surface area (Å²) in [5.74, 6) is 1.28. The molecule has 0 radical (unpaired) electrons. The Hall–Kier alpha value is -1.93. The van der Waals surface area contributed by atoms with Gasteiger partial charge in [-0.25, -0.2) is 4.79 Å². The fourth-order valence-electron chi connectivity index (χ4n) is 1.06. The van der Waals surface area contributed by atoms with Crippen LogP contribution in [0.5, 0.6) is 0 Å². The van der Waals surface area contributed by atoms with Crippen LogP contribution in [0.3, 0.4) is 0 Å². The van der Waals surface area contributed by atoms with E-state index in [1.165, 1.54) is 25.5 Å². The first-order chi connectivity index (χ1) is 7.11. The molecule has 0 aliphatic heterocycles. The Labute approximate surface area is 87.6 Å². The third-order valence-corrected chi connectivity index (χ3v) is 2.05. The van der Waals surface area contributed by atoms with Crippen LogP contribution in [-0.4, -0.2) is 27.6 Å². The number of aromatic nitrogens is 2. The molecule has 1 rings (SSSR count). The molecule has 1 aromatic rings. The van der Waals surface area contributed by atoms with Crippen molar-refractivity contribution >= 4 is 5.97 Å². The van der Waals surface area contributed by atoms with Gasteiger partial charge >= 0.3 is 5.97 Å². The second-order valence-corrected chi connectivity index (χ2v) is 3.08. The van der Waals surface area contributed by atoms with Gasteiger partial charge in [0.2, 0.25) is 0 Å². The van der Waals surface area contributed by atoms with Crippen LogP contribution in [0, 0.1) is 12.3 Å². The molecule has 1 atom stereocenters. The fourth-order valence-corrected chi connectivity index (χ4v) is 1.06. The lowest BCUT2D eigenvalue weighted by molar-refractivity contribution is -0.144. The molecule has 0 bridgehead atoms. The lowest BCUT2D eigenvalue weighted by atomic mass is 9.98. The number of nitrogens with one attached hydrogen (secondary N) is 1. The third-order valence-electron chi connectivity index (χ3n) is 2.05. The van der Waals surface area contributed by atoms with E-state index in [1.807, 2.05) is 0 Å². The maximum absolute atomic E-state index is 11.1. The first-order valence-electron chi connectivity index (χ1n) is 4.29. The summed E-state index contributed by atoms with van der Waals surface area (Å²) in [5, 5.41) is 11.8. The highest BCUT2D eigenvalue weighted by Gasteiger charge is 2.36. The van der Waals surface area contributed by atoms with Crippen LogP contribution in [0.1, 0.15) is 12.6 Å². The molecule has 0 saturated heterocycles. The highest BCUT2D eigenvalue weighted by atomic mass is 16.4. The minimum atomic E-state index is -1.30. The summed E-state index contributed by atoms with van der Waals surface area (Å²) in [5.41, 5.74) is -0.978. The molecule has 1 unspecified atom stereocenters. The highest BCUT2D eigenvalue weighted by Crippen LogP contribution is 2.17. The van der Waals surface area contributed by atoms with Gasteiger partial charge in [0.05, 0.1) is 18.4 Å². The molecule has 1 heterocycles. The van der Waals surface area contributed by atoms with Gasteiger partial charge in [-0.2, -0.15) is 0 Å². The van der Waals surface area contributed by atoms with E-state index in [9.17, 15) is 4.79 Å². The topological polar surface area (TPSA) is 75.1 Å². The number of rotatable bonds is 4. The van der Waals surface area contributed by atoms with Gasteiger partial charge in [-0.3, -0.25) is 15.3 Å². The number of hydrogen-bond donors (Lipinski definition) is 2. The number of carbonyl (C=O) groups is 1. The van der Waals surface area contributed by atoms with E-state index < -0.39 is 11.5 Å². The van der Waals surface area contributed by atoms with Gasteiger partial charge in [-0.15, -0.1) is 6.42 Å². The maximum Gasteiger partial charge on any atom is 0.329 e. The molecule has 2 N–H and O–H groups in total. The Morgan fingerprint density at radius 1 is 1.73 bits per heavy atom. The summed E-state index contributed by atoms with van der Waals surface area (Å²) in [7, 11) is 0. The molecule has 0 amide bonds. The van der Waals surface area contributed by atoms with E-state index in [0.717, 1.165) is 0 Å². The second-order valence-electron chi connectivity index (χ2n) is 3.08. The van der Waals surface area contributed by atoms with Crippen molar-refractivity contribution < 1.29 is 9.90 Å². The predicted molar refractivity (Wildman–Crippen MR) is 53.9 cm³/mol. The summed E-state index contributed by atoms with van der Waals surface area (Å²) < 4.78 is 0. The number of nitrogens with zero attached hydrogens (tertiary/aromatic N) is 2. The number of carboxylic acids is 1. The Balaban J connectivity index is 3.03. The van der Waals surface area contributed by atoms with Gasteiger partial charge in [0, 0.05) is 12.4 Å². The fraction of sp³-hybridized carbons (Fsp3) is 0.300. The zero-order valence-corrected chi connectivity index (χ0v) is 8.27. The molecule has 78 valence electrons. The Morgan fingerprint density at radius 3 is 2.93 bits per heavy atom. The molecule has 0 aromatic carbocycles. The van der Waals surface area contributed by atoms with E-state index in [0.29, 0.717) is 5.69 Å². The molecule has 5 nitrogen and oxygen atoms in total. The lowest BCUT2D eigenvalue weighted by Gasteiger charge is -2.23. The third kappa shape index (κ3) is 2.30. The van der Waals surface area contributed by atoms with Crippen LogP contribution in [0.4, 0.5) is 0 Å². The smallest absolute Gasteiger partial charge is 0.329 e. The van der Waals surface area contributed by atoms with Gasteiger partial charge in [-0.05, 0) is 6.92 Å². The molecule has 5 heteroatoms. The largest absolute Gasteiger partial charge is 0.480 e. The van der Waals surface area contributed by atoms with E-state index >= 15 is 0 Å². The molecule has 0 spiro atoms. The van der Waals surface area contributed by atoms with Crippen molar-refractivity contribution in [2.45, 2.75) is 12.5 Å². The standard InChI is InChI=1S/C10H11N3O2/c1-3-4-13-10(2,9(14)15)8-7-11-5-6-12-8/h1,5-7,13H,4H2,2H3,(H,14,15). The van der Waals surface area contributed by atoms with Crippen LogP contribution >= 0.6 is 0 Å². The van der Waals surface area contributed by atoms with Crippen molar-refractivity contribution in [2.24, 2.45) is 0 Å². The van der Waals surface area contributed by atoms with Gasteiger partial charge in [-0.1, -0.05) is 5.92 Å². The zero-order valence-electron chi connectivity index (χ0n) is 8.27. The number of terminal acetylenes is 1. The molecule has 0 aliphatic rings. The molecule has 15 heavy (non-hydrogen) atoms. The summed E-state index contributed by atoms with van der Waals surface area (Å²) in [6, 6.07) is 0. The highest BCUT2D eigenvalue weighted by molar-refractivity contribution is 5.79. The Morgan fingerprint density at radius 2 is 2.47 bits per heavy atom. The number of carboxylic acid groups (broad SMARTS) is 1. The van der Waals surface area contributed by atoms with Crippen LogP contribution in [0.15, 0.2) is 18.6 Å². The minimum absolute atomic E-state index is 0.152. The van der Waals surface area contributed by atoms with E-state index in [1.54, 1.807) is 0 Å². The monoisotopic (exact) mass is 205 g/mol. The normalized spacial score (nSPS) is 13.9. The maximum atomic E-state index is 11.1. The first kappa shape index (κ1) is 11.1. The summed E-state index contributed by atoms with van der Waals surface area (Å²) in [4.78, 5) is 18.9. The lowest BCUT2D eigenvalue weighted by Crippen LogP contribution is -2.47. The van der Waals surface area contributed by atoms with Gasteiger partial charge in [0.15, 0.2) is 5.54 Å². The molecular weight excluding hydrogens is 194 g/mol. The Kier molecular flexibility index (Phi) is 3.37. The van der Waals surface area contributed by atoms with Gasteiger partial charge in [0.1, 0.15) is 0 Å². The zero-order chi connectivity index (χ0) is 11.3. The molecule has 0 aliphatic carbocycles. The van der Waals surface area contributed by atoms with E-state index in [-0.39, 0.29) is 6.54 Å². The van der Waals surface area contributed by atoms with Crippen molar-refractivity contribution in [1.29, 1.82) is 0 Å². The van der Waals surface area contributed by atoms with Crippen molar-refractivity contribution in [3.05, 3.63) is 24.3 Å². The second kappa shape index (κ2) is 4.53. The number of hydrogen-bond acceptors (Lipinski definition) is 4. The van der Waals surface area contributed by atoms with Gasteiger partial charge in [0.25, 0.3) is 0 Å². The molecule has 0 saturated carbocycles. The SMILES string of the molecule is C#CCNC(C)(C(=O)O)c1cnccn1. The van der Waals surface area contributed by atoms with Crippen molar-refractivity contribution in [1.82, 2.24) is 15.3 Å². The van der Waals surface area contributed by atoms with Crippen LogP contribution in [0.25, 0.3) is 0 Å². The van der Waals surface area contributed by atoms with E-state index in [2.05, 4.69) is 21.2 Å². The average Bonchev–Trinajstić information content (AvgIpc) is 2.27. The van der Waals surface area contributed by atoms with Crippen molar-refractivity contribution in [2.75, 3.05) is 6.54 Å². The van der Waals surface area contributed by atoms with Crippen LogP contribution in [0.2, 0.25) is 0 Å². The average molecular weight is 205 g/mol. The van der Waals surface area contributed by atoms with Crippen LogP contribution < -0.4 is 5.32 Å². The van der Waals surface area contributed by atoms with E-state index in [4.69, 9.17) is 11.5 Å². The number of aliphatic carboxylic acids is 1. The van der Waals surface area contributed by atoms with Crippen molar-refractivity contribution in [3.63, 3.8) is 0 Å². The summed E-state index contributed by atoms with van der Waals surface area (Å²) in [6.07, 6.45) is 9.39. The van der Waals surface area contributed by atoms with Crippen LogP contribution in [-0.2, 0) is 10.3 Å². The summed E-state index contributed by atoms with van der Waals surface area (Å²) >= 11 is 0. The summed E-state index contributed by atoms with van der Waals surface area (Å²) in [6.45, 7) is 1.65. The predicted octanol–water partition coefficient (Wildman–Crippen LogP) is -0.000800.